The van der Waals surface area contributed by atoms with Gasteiger partial charge in [0, 0.05) is 20.0 Å². The van der Waals surface area contributed by atoms with Crippen molar-refractivity contribution in [3.8, 4) is 5.75 Å². The smallest absolute Gasteiger partial charge is 0.326 e. The average molecular weight is 326 g/mol. The first-order valence-electron chi connectivity index (χ1n) is 6.90. The van der Waals surface area contributed by atoms with E-state index in [1.54, 1.807) is 0 Å². The molecule has 0 aliphatic heterocycles. The van der Waals surface area contributed by atoms with Gasteiger partial charge in [-0.15, -0.1) is 0 Å². The fourth-order valence-corrected chi connectivity index (χ4v) is 1.95. The Morgan fingerprint density at radius 3 is 2.57 bits per heavy atom. The minimum Gasteiger partial charge on any atom is -0.494 e. The third-order valence-corrected chi connectivity index (χ3v) is 3.23. The standard InChI is InChI=1S/C15H19FN2O5/c1-9(15(21)22)18(8-7-17-10(2)19)14(20)11-5-4-6-12(23-3)13(11)16/h4-6,9H,7-8H2,1-3H3,(H,17,19)(H,21,22). The van der Waals surface area contributed by atoms with Crippen LogP contribution >= 0.6 is 0 Å². The molecule has 1 aromatic rings. The average Bonchev–Trinajstić information content (AvgIpc) is 2.50. The van der Waals surface area contributed by atoms with Crippen LogP contribution in [0.5, 0.6) is 5.75 Å². The number of carbonyl (C=O) groups excluding carboxylic acids is 2. The van der Waals surface area contributed by atoms with E-state index >= 15 is 0 Å². The number of carboxylic acid groups (broad SMARTS) is 1. The van der Waals surface area contributed by atoms with E-state index in [0.29, 0.717) is 0 Å². The van der Waals surface area contributed by atoms with Crippen molar-refractivity contribution >= 4 is 17.8 Å². The number of aliphatic carboxylic acids is 1. The molecule has 1 atom stereocenters. The summed E-state index contributed by atoms with van der Waals surface area (Å²) in [6, 6.07) is 2.86. The first-order valence-corrected chi connectivity index (χ1v) is 6.90. The number of rotatable bonds is 7. The van der Waals surface area contributed by atoms with E-state index in [1.165, 1.54) is 39.2 Å². The van der Waals surface area contributed by atoms with Crippen LogP contribution in [0.25, 0.3) is 0 Å². The summed E-state index contributed by atoms with van der Waals surface area (Å²) in [7, 11) is 1.26. The van der Waals surface area contributed by atoms with Crippen LogP contribution in [0.3, 0.4) is 0 Å². The maximum Gasteiger partial charge on any atom is 0.326 e. The van der Waals surface area contributed by atoms with E-state index < -0.39 is 23.7 Å². The van der Waals surface area contributed by atoms with Gasteiger partial charge >= 0.3 is 5.97 Å². The maximum absolute atomic E-state index is 14.2. The maximum atomic E-state index is 14.2. The van der Waals surface area contributed by atoms with E-state index in [-0.39, 0.29) is 30.3 Å². The molecule has 0 aliphatic rings. The molecule has 0 saturated carbocycles. The van der Waals surface area contributed by atoms with E-state index in [0.717, 1.165) is 4.90 Å². The molecule has 1 unspecified atom stereocenters. The van der Waals surface area contributed by atoms with Crippen molar-refractivity contribution < 1.29 is 28.6 Å². The molecule has 1 rings (SSSR count). The summed E-state index contributed by atoms with van der Waals surface area (Å²) in [4.78, 5) is 35.6. The Hall–Kier alpha value is -2.64. The molecule has 1 aromatic carbocycles. The number of carbonyl (C=O) groups is 3. The van der Waals surface area contributed by atoms with Crippen LogP contribution in [0, 0.1) is 5.82 Å². The number of ether oxygens (including phenoxy) is 1. The van der Waals surface area contributed by atoms with E-state index in [1.807, 2.05) is 0 Å². The van der Waals surface area contributed by atoms with Crippen molar-refractivity contribution in [1.82, 2.24) is 10.2 Å². The van der Waals surface area contributed by atoms with Crippen molar-refractivity contribution in [2.45, 2.75) is 19.9 Å². The number of nitrogens with one attached hydrogen (secondary N) is 1. The number of nitrogens with zero attached hydrogens (tertiary/aromatic N) is 1. The summed E-state index contributed by atoms with van der Waals surface area (Å²) in [6.45, 7) is 2.60. The molecule has 0 saturated heterocycles. The number of methoxy groups -OCH3 is 1. The zero-order valence-electron chi connectivity index (χ0n) is 13.1. The molecule has 0 bridgehead atoms. The Kier molecular flexibility index (Phi) is 6.49. The molecule has 0 aliphatic carbocycles. The molecule has 0 heterocycles. The quantitative estimate of drug-likeness (QED) is 0.776. The van der Waals surface area contributed by atoms with Crippen LogP contribution in [-0.4, -0.2) is 54.0 Å². The lowest BCUT2D eigenvalue weighted by Crippen LogP contribution is -2.47. The molecule has 2 N–H and O–H groups in total. The van der Waals surface area contributed by atoms with Gasteiger partial charge in [-0.2, -0.15) is 0 Å². The molecule has 126 valence electrons. The van der Waals surface area contributed by atoms with E-state index in [9.17, 15) is 18.8 Å². The number of hydrogen-bond acceptors (Lipinski definition) is 4. The van der Waals surface area contributed by atoms with Gasteiger partial charge in [0.05, 0.1) is 12.7 Å². The van der Waals surface area contributed by atoms with Crippen LogP contribution in [0.1, 0.15) is 24.2 Å². The molecule has 0 aromatic heterocycles. The Morgan fingerprint density at radius 2 is 2.04 bits per heavy atom. The van der Waals surface area contributed by atoms with Crippen molar-refractivity contribution in [2.75, 3.05) is 20.2 Å². The van der Waals surface area contributed by atoms with Gasteiger partial charge in [0.15, 0.2) is 11.6 Å². The number of benzene rings is 1. The monoisotopic (exact) mass is 326 g/mol. The van der Waals surface area contributed by atoms with Crippen molar-refractivity contribution in [1.29, 1.82) is 0 Å². The second kappa shape index (κ2) is 8.11. The SMILES string of the molecule is COc1cccc(C(=O)N(CCNC(C)=O)C(C)C(=O)O)c1F. The van der Waals surface area contributed by atoms with Gasteiger partial charge < -0.3 is 20.1 Å². The topological polar surface area (TPSA) is 95.9 Å². The van der Waals surface area contributed by atoms with Crippen LogP contribution in [-0.2, 0) is 9.59 Å². The van der Waals surface area contributed by atoms with E-state index in [2.05, 4.69) is 5.32 Å². The van der Waals surface area contributed by atoms with Gasteiger partial charge in [-0.3, -0.25) is 9.59 Å². The molecular formula is C15H19FN2O5. The third kappa shape index (κ3) is 4.67. The normalized spacial score (nSPS) is 11.5. The molecule has 0 radical (unpaired) electrons. The number of hydrogen-bond donors (Lipinski definition) is 2. The first kappa shape index (κ1) is 18.4. The predicted molar refractivity (Wildman–Crippen MR) is 79.8 cm³/mol. The van der Waals surface area contributed by atoms with Crippen LogP contribution in [0.2, 0.25) is 0 Å². The Morgan fingerprint density at radius 1 is 1.39 bits per heavy atom. The number of carboxylic acids is 1. The lowest BCUT2D eigenvalue weighted by atomic mass is 10.1. The summed E-state index contributed by atoms with van der Waals surface area (Å²) in [5.41, 5.74) is -0.291. The summed E-state index contributed by atoms with van der Waals surface area (Å²) in [6.07, 6.45) is 0. The van der Waals surface area contributed by atoms with Gasteiger partial charge in [0.25, 0.3) is 5.91 Å². The highest BCUT2D eigenvalue weighted by Crippen LogP contribution is 2.22. The second-order valence-corrected chi connectivity index (χ2v) is 4.82. The molecule has 23 heavy (non-hydrogen) atoms. The molecule has 2 amide bonds. The van der Waals surface area contributed by atoms with Crippen LogP contribution in [0.15, 0.2) is 18.2 Å². The number of amides is 2. The predicted octanol–water partition coefficient (Wildman–Crippen LogP) is 0.886. The van der Waals surface area contributed by atoms with Crippen LogP contribution < -0.4 is 10.1 Å². The molecule has 0 fully saturated rings. The zero-order valence-corrected chi connectivity index (χ0v) is 13.1. The molecule has 7 nitrogen and oxygen atoms in total. The molecule has 8 heteroatoms. The summed E-state index contributed by atoms with van der Waals surface area (Å²) in [5.74, 6) is -3.30. The Bertz CT molecular complexity index is 606. The molecule has 0 spiro atoms. The van der Waals surface area contributed by atoms with Crippen molar-refractivity contribution in [3.63, 3.8) is 0 Å². The van der Waals surface area contributed by atoms with Crippen LogP contribution in [0.4, 0.5) is 4.39 Å². The summed E-state index contributed by atoms with van der Waals surface area (Å²) in [5, 5.41) is 11.6. The fourth-order valence-electron chi connectivity index (χ4n) is 1.95. The van der Waals surface area contributed by atoms with Crippen molar-refractivity contribution in [2.24, 2.45) is 0 Å². The highest BCUT2D eigenvalue weighted by Gasteiger charge is 2.28. The Balaban J connectivity index is 3.07. The van der Waals surface area contributed by atoms with Gasteiger partial charge in [0.2, 0.25) is 5.91 Å². The van der Waals surface area contributed by atoms with Gasteiger partial charge in [-0.25, -0.2) is 9.18 Å². The first-order chi connectivity index (χ1) is 10.8. The fraction of sp³-hybridized carbons (Fsp3) is 0.400. The summed E-state index contributed by atoms with van der Waals surface area (Å²) >= 11 is 0. The van der Waals surface area contributed by atoms with Gasteiger partial charge in [0.1, 0.15) is 6.04 Å². The minimum absolute atomic E-state index is 0.0598. The van der Waals surface area contributed by atoms with E-state index in [4.69, 9.17) is 9.84 Å². The third-order valence-electron chi connectivity index (χ3n) is 3.23. The zero-order chi connectivity index (χ0) is 17.6. The van der Waals surface area contributed by atoms with Gasteiger partial charge in [-0.1, -0.05) is 6.07 Å². The minimum atomic E-state index is -1.23. The van der Waals surface area contributed by atoms with Gasteiger partial charge in [-0.05, 0) is 19.1 Å². The second-order valence-electron chi connectivity index (χ2n) is 4.82. The lowest BCUT2D eigenvalue weighted by molar-refractivity contribution is -0.141. The highest BCUT2D eigenvalue weighted by atomic mass is 19.1. The van der Waals surface area contributed by atoms with Crippen molar-refractivity contribution in [3.05, 3.63) is 29.6 Å². The highest BCUT2D eigenvalue weighted by molar-refractivity contribution is 5.97. The Labute approximate surface area is 133 Å². The lowest BCUT2D eigenvalue weighted by Gasteiger charge is -2.27. The molecular weight excluding hydrogens is 307 g/mol. The number of halogens is 1. The summed E-state index contributed by atoms with van der Waals surface area (Å²) < 4.78 is 19.0. The largest absolute Gasteiger partial charge is 0.494 e.